The summed E-state index contributed by atoms with van der Waals surface area (Å²) in [6, 6.07) is 10.0. The molecule has 6 nitrogen and oxygen atoms in total. The first-order valence-electron chi connectivity index (χ1n) is 8.24. The molecule has 1 fully saturated rings. The maximum atomic E-state index is 9.59. The van der Waals surface area contributed by atoms with Gasteiger partial charge in [0.15, 0.2) is 5.96 Å². The van der Waals surface area contributed by atoms with E-state index in [4.69, 9.17) is 4.74 Å². The van der Waals surface area contributed by atoms with E-state index in [1.54, 1.807) is 7.05 Å². The Morgan fingerprint density at radius 2 is 2.00 bits per heavy atom. The van der Waals surface area contributed by atoms with E-state index >= 15 is 0 Å². The molecule has 0 bridgehead atoms. The molecule has 0 saturated carbocycles. The lowest BCUT2D eigenvalue weighted by Gasteiger charge is -2.27. The molecule has 0 aliphatic carbocycles. The zero-order valence-corrected chi connectivity index (χ0v) is 13.9. The molecule has 1 saturated heterocycles. The molecule has 1 atom stereocenters. The molecule has 1 aromatic rings. The third-order valence-electron chi connectivity index (χ3n) is 4.06. The van der Waals surface area contributed by atoms with E-state index in [9.17, 15) is 5.11 Å². The van der Waals surface area contributed by atoms with Crippen molar-refractivity contribution >= 4 is 5.96 Å². The van der Waals surface area contributed by atoms with Crippen LogP contribution in [0.15, 0.2) is 35.3 Å². The Kier molecular flexibility index (Phi) is 7.86. The summed E-state index contributed by atoms with van der Waals surface area (Å²) in [5.74, 6) is 0.835. The second kappa shape index (κ2) is 10.2. The van der Waals surface area contributed by atoms with Crippen molar-refractivity contribution in [3.05, 3.63) is 35.9 Å². The van der Waals surface area contributed by atoms with Crippen molar-refractivity contribution in [3.8, 4) is 0 Å². The molecular formula is C17H28N4O2. The van der Waals surface area contributed by atoms with E-state index in [2.05, 4.69) is 20.5 Å². The highest BCUT2D eigenvalue weighted by atomic mass is 16.5. The number of aliphatic imine (C=N–C) groups is 1. The molecule has 1 aromatic carbocycles. The van der Waals surface area contributed by atoms with Gasteiger partial charge in [-0.3, -0.25) is 9.89 Å². The summed E-state index contributed by atoms with van der Waals surface area (Å²) in [7, 11) is 1.76. The predicted molar refractivity (Wildman–Crippen MR) is 92.9 cm³/mol. The van der Waals surface area contributed by atoms with Gasteiger partial charge in [0.2, 0.25) is 0 Å². The smallest absolute Gasteiger partial charge is 0.191 e. The average Bonchev–Trinajstić information content (AvgIpc) is 2.62. The van der Waals surface area contributed by atoms with E-state index in [0.717, 1.165) is 50.9 Å². The van der Waals surface area contributed by atoms with Crippen LogP contribution in [0, 0.1) is 0 Å². The van der Waals surface area contributed by atoms with Crippen molar-refractivity contribution < 1.29 is 9.84 Å². The van der Waals surface area contributed by atoms with E-state index in [1.807, 2.05) is 30.3 Å². The first kappa shape index (κ1) is 17.7. The van der Waals surface area contributed by atoms with Gasteiger partial charge >= 0.3 is 0 Å². The van der Waals surface area contributed by atoms with Gasteiger partial charge in [-0.05, 0) is 5.56 Å². The molecule has 0 radical (unpaired) electrons. The fourth-order valence-corrected chi connectivity index (χ4v) is 2.61. The zero-order chi connectivity index (χ0) is 16.3. The summed E-state index contributed by atoms with van der Waals surface area (Å²) in [6.45, 7) is 6.22. The maximum Gasteiger partial charge on any atom is 0.191 e. The van der Waals surface area contributed by atoms with Gasteiger partial charge in [0.25, 0.3) is 0 Å². The zero-order valence-electron chi connectivity index (χ0n) is 13.9. The summed E-state index contributed by atoms with van der Waals surface area (Å²) in [6.07, 6.45) is 0. The molecule has 3 N–H and O–H groups in total. The van der Waals surface area contributed by atoms with Crippen LogP contribution in [0.4, 0.5) is 0 Å². The van der Waals surface area contributed by atoms with E-state index in [0.29, 0.717) is 6.54 Å². The van der Waals surface area contributed by atoms with Crippen molar-refractivity contribution in [1.29, 1.82) is 0 Å². The monoisotopic (exact) mass is 320 g/mol. The van der Waals surface area contributed by atoms with Crippen LogP contribution in [0.3, 0.4) is 0 Å². The first-order chi connectivity index (χ1) is 11.3. The van der Waals surface area contributed by atoms with Crippen molar-refractivity contribution in [1.82, 2.24) is 15.5 Å². The molecule has 0 aromatic heterocycles. The number of nitrogens with zero attached hydrogens (tertiary/aromatic N) is 2. The quantitative estimate of drug-likeness (QED) is 0.497. The summed E-state index contributed by atoms with van der Waals surface area (Å²) < 4.78 is 5.35. The molecule has 0 spiro atoms. The average molecular weight is 320 g/mol. The molecule has 0 amide bonds. The molecule has 1 aliphatic rings. The van der Waals surface area contributed by atoms with Crippen LogP contribution < -0.4 is 10.6 Å². The highest BCUT2D eigenvalue weighted by molar-refractivity contribution is 5.79. The minimum Gasteiger partial charge on any atom is -0.396 e. The summed E-state index contributed by atoms with van der Waals surface area (Å²) in [5, 5.41) is 16.2. The number of aliphatic hydroxyl groups excluding tert-OH is 1. The van der Waals surface area contributed by atoms with Gasteiger partial charge in [0, 0.05) is 45.7 Å². The van der Waals surface area contributed by atoms with Crippen LogP contribution in [0.2, 0.25) is 0 Å². The lowest BCUT2D eigenvalue weighted by atomic mass is 10.0. The van der Waals surface area contributed by atoms with Gasteiger partial charge in [0.05, 0.1) is 19.8 Å². The number of hydrogen-bond donors (Lipinski definition) is 3. The number of ether oxygens (including phenoxy) is 1. The number of hydrogen-bond acceptors (Lipinski definition) is 4. The molecule has 2 rings (SSSR count). The van der Waals surface area contributed by atoms with Crippen LogP contribution in [0.25, 0.3) is 0 Å². The third kappa shape index (κ3) is 6.17. The standard InChI is InChI=1S/C17H28N4O2/c1-18-17(19-7-8-21-9-11-23-12-10-21)20-13-16(14-22)15-5-3-2-4-6-15/h2-6,16,22H,7-14H2,1H3,(H2,18,19,20). The Bertz CT molecular complexity index is 461. The molecule has 1 aliphatic heterocycles. The highest BCUT2D eigenvalue weighted by Crippen LogP contribution is 2.13. The second-order valence-corrected chi connectivity index (χ2v) is 5.62. The van der Waals surface area contributed by atoms with Crippen LogP contribution in [0.1, 0.15) is 11.5 Å². The van der Waals surface area contributed by atoms with Crippen LogP contribution in [-0.4, -0.2) is 75.6 Å². The van der Waals surface area contributed by atoms with Crippen LogP contribution in [0.5, 0.6) is 0 Å². The highest BCUT2D eigenvalue weighted by Gasteiger charge is 2.12. The normalized spacial score (nSPS) is 17.7. The SMILES string of the molecule is CN=C(NCCN1CCOCC1)NCC(CO)c1ccccc1. The number of nitrogens with one attached hydrogen (secondary N) is 2. The van der Waals surface area contributed by atoms with Gasteiger partial charge in [-0.1, -0.05) is 30.3 Å². The van der Waals surface area contributed by atoms with Gasteiger partial charge < -0.3 is 20.5 Å². The molecule has 1 unspecified atom stereocenters. The van der Waals surface area contributed by atoms with E-state index in [-0.39, 0.29) is 12.5 Å². The Morgan fingerprint density at radius 3 is 2.65 bits per heavy atom. The van der Waals surface area contributed by atoms with Gasteiger partial charge in [-0.25, -0.2) is 0 Å². The van der Waals surface area contributed by atoms with E-state index < -0.39 is 0 Å². The summed E-state index contributed by atoms with van der Waals surface area (Å²) in [4.78, 5) is 6.62. The summed E-state index contributed by atoms with van der Waals surface area (Å²) in [5.41, 5.74) is 1.13. The molecule has 1 heterocycles. The van der Waals surface area contributed by atoms with Crippen molar-refractivity contribution in [2.75, 3.05) is 59.6 Å². The Labute approximate surface area is 138 Å². The number of guanidine groups is 1. The van der Waals surface area contributed by atoms with Gasteiger partial charge in [0.1, 0.15) is 0 Å². The number of benzene rings is 1. The first-order valence-corrected chi connectivity index (χ1v) is 8.24. The number of morpholine rings is 1. The minimum atomic E-state index is 0.0639. The van der Waals surface area contributed by atoms with E-state index in [1.165, 1.54) is 0 Å². The third-order valence-corrected chi connectivity index (χ3v) is 4.06. The number of aliphatic hydroxyl groups is 1. The van der Waals surface area contributed by atoms with Crippen LogP contribution >= 0.6 is 0 Å². The van der Waals surface area contributed by atoms with Crippen molar-refractivity contribution in [2.45, 2.75) is 5.92 Å². The van der Waals surface area contributed by atoms with Crippen molar-refractivity contribution in [2.24, 2.45) is 4.99 Å². The Morgan fingerprint density at radius 1 is 1.26 bits per heavy atom. The summed E-state index contributed by atoms with van der Waals surface area (Å²) >= 11 is 0. The van der Waals surface area contributed by atoms with Crippen LogP contribution in [-0.2, 0) is 4.74 Å². The van der Waals surface area contributed by atoms with Gasteiger partial charge in [-0.15, -0.1) is 0 Å². The van der Waals surface area contributed by atoms with Crippen molar-refractivity contribution in [3.63, 3.8) is 0 Å². The molecular weight excluding hydrogens is 292 g/mol. The Balaban J connectivity index is 1.71. The molecule has 6 heteroatoms. The largest absolute Gasteiger partial charge is 0.396 e. The Hall–Kier alpha value is -1.63. The number of rotatable bonds is 7. The molecule has 23 heavy (non-hydrogen) atoms. The fraction of sp³-hybridized carbons (Fsp3) is 0.588. The predicted octanol–water partition coefficient (Wildman–Crippen LogP) is 0.260. The maximum absolute atomic E-state index is 9.59. The van der Waals surface area contributed by atoms with Gasteiger partial charge in [-0.2, -0.15) is 0 Å². The lowest BCUT2D eigenvalue weighted by Crippen LogP contribution is -2.45. The topological polar surface area (TPSA) is 69.1 Å². The fourth-order valence-electron chi connectivity index (χ4n) is 2.61. The molecule has 128 valence electrons. The lowest BCUT2D eigenvalue weighted by molar-refractivity contribution is 0.0389. The second-order valence-electron chi connectivity index (χ2n) is 5.62. The minimum absolute atomic E-state index is 0.0639.